The molecule has 1 atom stereocenters. The number of nitrogens with zero attached hydrogens (tertiary/aromatic N) is 2. The van der Waals surface area contributed by atoms with Gasteiger partial charge < -0.3 is 9.73 Å². The van der Waals surface area contributed by atoms with Crippen LogP contribution in [-0.4, -0.2) is 16.7 Å². The maximum atomic E-state index is 12.8. The van der Waals surface area contributed by atoms with E-state index in [0.717, 1.165) is 24.9 Å². The van der Waals surface area contributed by atoms with Gasteiger partial charge in [-0.3, -0.25) is 0 Å². The van der Waals surface area contributed by atoms with Gasteiger partial charge in [0, 0.05) is 5.75 Å². The van der Waals surface area contributed by atoms with Gasteiger partial charge in [0.25, 0.3) is 5.22 Å². The molecule has 4 nitrogen and oxygen atoms in total. The number of hydrogen-bond acceptors (Lipinski definition) is 5. The Bertz CT molecular complexity index is 543. The molecule has 0 spiro atoms. The molecule has 0 radical (unpaired) electrons. The van der Waals surface area contributed by atoms with Gasteiger partial charge in [0.05, 0.1) is 6.04 Å². The standard InChI is InChI=1S/C13H14FN3OS.ClH/c14-10-5-3-9(4-6-10)8-19-13-17-16-12(18-13)11-2-1-7-15-11;/h3-6,11,15H,1-2,7-8H2;1H. The highest BCUT2D eigenvalue weighted by Gasteiger charge is 2.22. The summed E-state index contributed by atoms with van der Waals surface area (Å²) in [6.07, 6.45) is 2.19. The molecule has 0 saturated carbocycles. The van der Waals surface area contributed by atoms with Crippen molar-refractivity contribution in [3.63, 3.8) is 0 Å². The summed E-state index contributed by atoms with van der Waals surface area (Å²) in [7, 11) is 0. The second-order valence-electron chi connectivity index (χ2n) is 4.47. The molecule has 0 amide bonds. The van der Waals surface area contributed by atoms with Gasteiger partial charge in [-0.15, -0.1) is 22.6 Å². The lowest BCUT2D eigenvalue weighted by Crippen LogP contribution is -2.12. The number of thioether (sulfide) groups is 1. The number of hydrogen-bond donors (Lipinski definition) is 1. The van der Waals surface area contributed by atoms with Crippen LogP contribution in [0.25, 0.3) is 0 Å². The second kappa shape index (κ2) is 7.06. The molecule has 1 aromatic carbocycles. The first kappa shape index (κ1) is 15.3. The Labute approximate surface area is 127 Å². The Morgan fingerprint density at radius 3 is 2.80 bits per heavy atom. The Balaban J connectivity index is 0.00000147. The molecule has 2 aromatic rings. The summed E-state index contributed by atoms with van der Waals surface area (Å²) < 4.78 is 18.4. The van der Waals surface area contributed by atoms with Gasteiger partial charge in [-0.1, -0.05) is 23.9 Å². The predicted octanol–water partition coefficient (Wildman–Crippen LogP) is 3.35. The van der Waals surface area contributed by atoms with Crippen LogP contribution in [0.5, 0.6) is 0 Å². The Kier molecular flexibility index (Phi) is 5.39. The molecule has 1 saturated heterocycles. The lowest BCUT2D eigenvalue weighted by Gasteiger charge is -2.02. The van der Waals surface area contributed by atoms with Crippen molar-refractivity contribution >= 4 is 24.2 Å². The summed E-state index contributed by atoms with van der Waals surface area (Å²) in [5.74, 6) is 1.14. The number of aromatic nitrogens is 2. The first-order valence-corrected chi connectivity index (χ1v) is 7.24. The molecule has 20 heavy (non-hydrogen) atoms. The molecule has 2 heterocycles. The Morgan fingerprint density at radius 1 is 1.30 bits per heavy atom. The molecule has 0 aliphatic carbocycles. The van der Waals surface area contributed by atoms with E-state index in [1.165, 1.54) is 23.9 Å². The monoisotopic (exact) mass is 315 g/mol. The highest BCUT2D eigenvalue weighted by Crippen LogP contribution is 2.26. The number of nitrogens with one attached hydrogen (secondary N) is 1. The third-order valence-corrected chi connectivity index (χ3v) is 3.95. The summed E-state index contributed by atoms with van der Waals surface area (Å²) in [5.41, 5.74) is 1.03. The molecule has 7 heteroatoms. The Morgan fingerprint density at radius 2 is 2.10 bits per heavy atom. The van der Waals surface area contributed by atoms with E-state index in [1.54, 1.807) is 12.1 Å². The molecule has 3 rings (SSSR count). The van der Waals surface area contributed by atoms with Crippen molar-refractivity contribution in [3.05, 3.63) is 41.5 Å². The van der Waals surface area contributed by atoms with E-state index in [4.69, 9.17) is 4.42 Å². The summed E-state index contributed by atoms with van der Waals surface area (Å²) in [6, 6.07) is 6.64. The van der Waals surface area contributed by atoms with Gasteiger partial charge in [0.2, 0.25) is 5.89 Å². The van der Waals surface area contributed by atoms with Crippen molar-refractivity contribution in [1.82, 2.24) is 15.5 Å². The largest absolute Gasteiger partial charge is 0.414 e. The average Bonchev–Trinajstić information content (AvgIpc) is 3.09. The van der Waals surface area contributed by atoms with Gasteiger partial charge in [-0.2, -0.15) is 0 Å². The first-order chi connectivity index (χ1) is 9.31. The van der Waals surface area contributed by atoms with Crippen molar-refractivity contribution in [2.75, 3.05) is 6.54 Å². The van der Waals surface area contributed by atoms with Crippen molar-refractivity contribution in [2.45, 2.75) is 29.9 Å². The second-order valence-corrected chi connectivity index (χ2v) is 5.40. The number of rotatable bonds is 4. The lowest BCUT2D eigenvalue weighted by atomic mass is 10.2. The fourth-order valence-corrected chi connectivity index (χ4v) is 2.77. The minimum Gasteiger partial charge on any atom is -0.414 e. The zero-order chi connectivity index (χ0) is 13.1. The van der Waals surface area contributed by atoms with Crippen LogP contribution in [0.15, 0.2) is 33.9 Å². The van der Waals surface area contributed by atoms with Crippen LogP contribution in [0.3, 0.4) is 0 Å². The minimum absolute atomic E-state index is 0. The van der Waals surface area contributed by atoms with Gasteiger partial charge >= 0.3 is 0 Å². The van der Waals surface area contributed by atoms with Crippen molar-refractivity contribution < 1.29 is 8.81 Å². The van der Waals surface area contributed by atoms with Crippen molar-refractivity contribution in [3.8, 4) is 0 Å². The molecule has 1 N–H and O–H groups in total. The van der Waals surface area contributed by atoms with E-state index in [2.05, 4.69) is 15.5 Å². The van der Waals surface area contributed by atoms with Gasteiger partial charge in [0.15, 0.2) is 0 Å². The number of benzene rings is 1. The van der Waals surface area contributed by atoms with Crippen LogP contribution in [0.1, 0.15) is 30.3 Å². The molecule has 1 aliphatic rings. The predicted molar refractivity (Wildman–Crippen MR) is 77.5 cm³/mol. The fraction of sp³-hybridized carbons (Fsp3) is 0.385. The van der Waals surface area contributed by atoms with E-state index in [0.29, 0.717) is 16.9 Å². The Hall–Kier alpha value is -1.11. The van der Waals surface area contributed by atoms with Gasteiger partial charge in [0.1, 0.15) is 5.82 Å². The summed E-state index contributed by atoms with van der Waals surface area (Å²) in [5, 5.41) is 12.0. The molecule has 0 bridgehead atoms. The molecular formula is C13H15ClFN3OS. The molecule has 1 fully saturated rings. The van der Waals surface area contributed by atoms with Crippen LogP contribution in [0, 0.1) is 5.82 Å². The summed E-state index contributed by atoms with van der Waals surface area (Å²) in [6.45, 7) is 1.01. The van der Waals surface area contributed by atoms with Crippen LogP contribution >= 0.6 is 24.2 Å². The van der Waals surface area contributed by atoms with Crippen LogP contribution in [-0.2, 0) is 5.75 Å². The zero-order valence-corrected chi connectivity index (χ0v) is 12.3. The first-order valence-electron chi connectivity index (χ1n) is 6.25. The van der Waals surface area contributed by atoms with Crippen molar-refractivity contribution in [2.24, 2.45) is 0 Å². The van der Waals surface area contributed by atoms with Crippen LogP contribution in [0.4, 0.5) is 4.39 Å². The van der Waals surface area contributed by atoms with E-state index in [1.807, 2.05) is 0 Å². The molecule has 1 aromatic heterocycles. The zero-order valence-electron chi connectivity index (χ0n) is 10.7. The summed E-state index contributed by atoms with van der Waals surface area (Å²) >= 11 is 1.47. The van der Waals surface area contributed by atoms with E-state index < -0.39 is 0 Å². The highest BCUT2D eigenvalue weighted by atomic mass is 35.5. The number of halogens is 2. The third kappa shape index (κ3) is 3.71. The maximum absolute atomic E-state index is 12.8. The maximum Gasteiger partial charge on any atom is 0.276 e. The molecule has 1 unspecified atom stereocenters. The topological polar surface area (TPSA) is 51.0 Å². The van der Waals surface area contributed by atoms with Gasteiger partial charge in [-0.25, -0.2) is 4.39 Å². The van der Waals surface area contributed by atoms with Crippen molar-refractivity contribution in [1.29, 1.82) is 0 Å². The quantitative estimate of drug-likeness (QED) is 0.877. The highest BCUT2D eigenvalue weighted by molar-refractivity contribution is 7.98. The van der Waals surface area contributed by atoms with E-state index in [9.17, 15) is 4.39 Å². The molecule has 1 aliphatic heterocycles. The smallest absolute Gasteiger partial charge is 0.276 e. The summed E-state index contributed by atoms with van der Waals surface area (Å²) in [4.78, 5) is 0. The normalized spacial score (nSPS) is 17.9. The SMILES string of the molecule is Cl.Fc1ccc(CSc2nnc(C3CCCN3)o2)cc1. The third-order valence-electron chi connectivity index (χ3n) is 3.06. The minimum atomic E-state index is -0.221. The fourth-order valence-electron chi connectivity index (χ4n) is 2.04. The lowest BCUT2D eigenvalue weighted by molar-refractivity contribution is 0.374. The van der Waals surface area contributed by atoms with Gasteiger partial charge in [-0.05, 0) is 37.1 Å². The van der Waals surface area contributed by atoms with Crippen LogP contribution in [0.2, 0.25) is 0 Å². The average molecular weight is 316 g/mol. The molecular weight excluding hydrogens is 301 g/mol. The van der Waals surface area contributed by atoms with E-state index >= 15 is 0 Å². The molecule has 108 valence electrons. The van der Waals surface area contributed by atoms with E-state index in [-0.39, 0.29) is 24.3 Å². The van der Waals surface area contributed by atoms with Crippen LogP contribution < -0.4 is 5.32 Å².